The molecule has 5 nitrogen and oxygen atoms in total. The van der Waals surface area contributed by atoms with Gasteiger partial charge in [0.1, 0.15) is 5.25 Å². The van der Waals surface area contributed by atoms with Gasteiger partial charge in [0, 0.05) is 12.1 Å². The molecule has 1 aromatic rings. The molecular weight excluding hydrogens is 252 g/mol. The summed E-state index contributed by atoms with van der Waals surface area (Å²) in [6.45, 7) is 1.93. The first-order valence-corrected chi connectivity index (χ1v) is 6.30. The molecule has 2 rings (SSSR count). The Morgan fingerprint density at radius 2 is 2.22 bits per heavy atom. The van der Waals surface area contributed by atoms with E-state index in [0.29, 0.717) is 5.69 Å². The monoisotopic (exact) mass is 264 g/mol. The predicted octanol–water partition coefficient (Wildman–Crippen LogP) is 1.68. The van der Waals surface area contributed by atoms with Crippen LogP contribution in [0.15, 0.2) is 24.3 Å². The molecular formula is C12H12N2O3S. The number of rotatable bonds is 3. The molecule has 0 aliphatic carbocycles. The molecule has 0 saturated carbocycles. The molecule has 1 atom stereocenters. The van der Waals surface area contributed by atoms with E-state index in [-0.39, 0.29) is 12.3 Å². The summed E-state index contributed by atoms with van der Waals surface area (Å²) in [6, 6.07) is 7.38. The normalized spacial score (nSPS) is 18.6. The maximum Gasteiger partial charge on any atom is 0.286 e. The topological polar surface area (TPSA) is 75.3 Å². The van der Waals surface area contributed by atoms with Crippen molar-refractivity contribution in [3.05, 3.63) is 29.8 Å². The van der Waals surface area contributed by atoms with Crippen LogP contribution >= 0.6 is 11.8 Å². The minimum atomic E-state index is -0.623. The van der Waals surface area contributed by atoms with Crippen molar-refractivity contribution in [2.24, 2.45) is 0 Å². The van der Waals surface area contributed by atoms with Gasteiger partial charge in [-0.15, -0.1) is 0 Å². The lowest BCUT2D eigenvalue weighted by Gasteiger charge is -2.07. The molecule has 0 bridgehead atoms. The Balaban J connectivity index is 1.93. The summed E-state index contributed by atoms with van der Waals surface area (Å²) < 4.78 is 0. The minimum Gasteiger partial charge on any atom is -0.326 e. The number of carbonyl (C=O) groups excluding carboxylic acids is 3. The van der Waals surface area contributed by atoms with Crippen molar-refractivity contribution in [1.29, 1.82) is 0 Å². The standard InChI is InChI=1S/C12H12N2O3S/c1-7-3-2-4-8(5-7)13-10(15)6-9-11(16)14-12(17)18-9/h2-5,9H,6H2,1H3,(H,13,15)(H,14,16,17)/t9-/m0/s1. The summed E-state index contributed by atoms with van der Waals surface area (Å²) in [7, 11) is 0. The molecule has 0 aromatic heterocycles. The van der Waals surface area contributed by atoms with E-state index in [4.69, 9.17) is 0 Å². The molecule has 1 aliphatic rings. The van der Waals surface area contributed by atoms with E-state index in [1.54, 1.807) is 6.07 Å². The molecule has 2 N–H and O–H groups in total. The number of imide groups is 1. The molecule has 1 heterocycles. The molecule has 0 spiro atoms. The Labute approximate surface area is 108 Å². The number of benzene rings is 1. The largest absolute Gasteiger partial charge is 0.326 e. The van der Waals surface area contributed by atoms with Crippen LogP contribution in [0.2, 0.25) is 0 Å². The van der Waals surface area contributed by atoms with Gasteiger partial charge in [-0.2, -0.15) is 0 Å². The Hall–Kier alpha value is -1.82. The van der Waals surface area contributed by atoms with Crippen LogP contribution in [0.5, 0.6) is 0 Å². The minimum absolute atomic E-state index is 0.00379. The van der Waals surface area contributed by atoms with E-state index in [9.17, 15) is 14.4 Å². The van der Waals surface area contributed by atoms with Gasteiger partial charge in [0.25, 0.3) is 5.24 Å². The van der Waals surface area contributed by atoms with Crippen molar-refractivity contribution in [3.8, 4) is 0 Å². The van der Waals surface area contributed by atoms with Gasteiger partial charge < -0.3 is 5.32 Å². The fourth-order valence-corrected chi connectivity index (χ4v) is 2.45. The number of nitrogens with one attached hydrogen (secondary N) is 2. The molecule has 1 aromatic carbocycles. The van der Waals surface area contributed by atoms with Crippen molar-refractivity contribution in [1.82, 2.24) is 5.32 Å². The first kappa shape index (κ1) is 12.6. The maximum absolute atomic E-state index is 11.7. The van der Waals surface area contributed by atoms with Crippen molar-refractivity contribution in [2.45, 2.75) is 18.6 Å². The van der Waals surface area contributed by atoms with Crippen LogP contribution in [0.1, 0.15) is 12.0 Å². The fourth-order valence-electron chi connectivity index (χ4n) is 1.63. The second-order valence-electron chi connectivity index (χ2n) is 4.00. The SMILES string of the molecule is Cc1cccc(NC(=O)C[C@@H]2SC(=O)NC2=O)c1. The molecule has 3 amide bonds. The molecule has 1 saturated heterocycles. The smallest absolute Gasteiger partial charge is 0.286 e. The van der Waals surface area contributed by atoms with Gasteiger partial charge in [-0.25, -0.2) is 0 Å². The number of aryl methyl sites for hydroxylation is 1. The summed E-state index contributed by atoms with van der Waals surface area (Å²) in [5.74, 6) is -0.674. The molecule has 0 radical (unpaired) electrons. The number of anilines is 1. The Bertz CT molecular complexity index is 516. The molecule has 0 unspecified atom stereocenters. The molecule has 1 aliphatic heterocycles. The van der Waals surface area contributed by atoms with Crippen LogP contribution in [-0.2, 0) is 9.59 Å². The van der Waals surface area contributed by atoms with Crippen LogP contribution in [0.25, 0.3) is 0 Å². The van der Waals surface area contributed by atoms with E-state index in [1.807, 2.05) is 25.1 Å². The van der Waals surface area contributed by atoms with Gasteiger partial charge in [0.15, 0.2) is 0 Å². The third-order valence-corrected chi connectivity index (χ3v) is 3.42. The van der Waals surface area contributed by atoms with Crippen molar-refractivity contribution < 1.29 is 14.4 Å². The summed E-state index contributed by atoms with van der Waals surface area (Å²) in [5.41, 5.74) is 1.73. The van der Waals surface area contributed by atoms with E-state index in [2.05, 4.69) is 10.6 Å². The highest BCUT2D eigenvalue weighted by atomic mass is 32.2. The Kier molecular flexibility index (Phi) is 3.66. The van der Waals surface area contributed by atoms with E-state index >= 15 is 0 Å². The van der Waals surface area contributed by atoms with Crippen molar-refractivity contribution >= 4 is 34.5 Å². The Morgan fingerprint density at radius 1 is 1.44 bits per heavy atom. The lowest BCUT2D eigenvalue weighted by Crippen LogP contribution is -2.27. The first-order valence-electron chi connectivity index (χ1n) is 5.42. The quantitative estimate of drug-likeness (QED) is 0.871. The summed E-state index contributed by atoms with van der Waals surface area (Å²) in [4.78, 5) is 34.0. The van der Waals surface area contributed by atoms with Crippen LogP contribution in [0, 0.1) is 6.92 Å². The average molecular weight is 264 g/mol. The lowest BCUT2D eigenvalue weighted by molar-refractivity contribution is -0.122. The summed E-state index contributed by atoms with van der Waals surface area (Å²) >= 11 is 0.855. The number of hydrogen-bond acceptors (Lipinski definition) is 4. The van der Waals surface area contributed by atoms with Crippen molar-refractivity contribution in [2.75, 3.05) is 5.32 Å². The highest BCUT2D eigenvalue weighted by Crippen LogP contribution is 2.22. The zero-order valence-electron chi connectivity index (χ0n) is 9.73. The third kappa shape index (κ3) is 3.10. The first-order chi connectivity index (χ1) is 8.54. The van der Waals surface area contributed by atoms with Gasteiger partial charge in [0.05, 0.1) is 0 Å². The zero-order chi connectivity index (χ0) is 13.1. The molecule has 6 heteroatoms. The van der Waals surface area contributed by atoms with E-state index in [0.717, 1.165) is 17.3 Å². The average Bonchev–Trinajstić information content (AvgIpc) is 2.57. The summed E-state index contributed by atoms with van der Waals surface area (Å²) in [6.07, 6.45) is -0.00379. The second-order valence-corrected chi connectivity index (χ2v) is 5.18. The molecule has 94 valence electrons. The van der Waals surface area contributed by atoms with Gasteiger partial charge in [0.2, 0.25) is 11.8 Å². The number of thioether (sulfide) groups is 1. The zero-order valence-corrected chi connectivity index (χ0v) is 10.5. The van der Waals surface area contributed by atoms with Gasteiger partial charge >= 0.3 is 0 Å². The third-order valence-electron chi connectivity index (χ3n) is 2.44. The van der Waals surface area contributed by atoms with Crippen LogP contribution < -0.4 is 10.6 Å². The van der Waals surface area contributed by atoms with Crippen LogP contribution in [0.3, 0.4) is 0 Å². The number of amides is 3. The highest BCUT2D eigenvalue weighted by molar-refractivity contribution is 8.15. The molecule has 1 fully saturated rings. The van der Waals surface area contributed by atoms with Crippen LogP contribution in [0.4, 0.5) is 10.5 Å². The van der Waals surface area contributed by atoms with Crippen molar-refractivity contribution in [3.63, 3.8) is 0 Å². The second kappa shape index (κ2) is 5.22. The molecule has 18 heavy (non-hydrogen) atoms. The van der Waals surface area contributed by atoms with E-state index < -0.39 is 16.4 Å². The summed E-state index contributed by atoms with van der Waals surface area (Å²) in [5, 5.41) is 3.83. The highest BCUT2D eigenvalue weighted by Gasteiger charge is 2.33. The van der Waals surface area contributed by atoms with Crippen LogP contribution in [-0.4, -0.2) is 22.3 Å². The maximum atomic E-state index is 11.7. The van der Waals surface area contributed by atoms with Gasteiger partial charge in [-0.05, 0) is 24.6 Å². The lowest BCUT2D eigenvalue weighted by atomic mass is 10.2. The number of hydrogen-bond donors (Lipinski definition) is 2. The van der Waals surface area contributed by atoms with Gasteiger partial charge in [-0.1, -0.05) is 23.9 Å². The van der Waals surface area contributed by atoms with Gasteiger partial charge in [-0.3, -0.25) is 19.7 Å². The van der Waals surface area contributed by atoms with E-state index in [1.165, 1.54) is 0 Å². The Morgan fingerprint density at radius 3 is 2.83 bits per heavy atom. The number of carbonyl (C=O) groups is 3. The predicted molar refractivity (Wildman–Crippen MR) is 69.3 cm³/mol. The fraction of sp³-hybridized carbons (Fsp3) is 0.250.